The van der Waals surface area contributed by atoms with Crippen LogP contribution in [0.25, 0.3) is 93.7 Å². The van der Waals surface area contributed by atoms with Gasteiger partial charge in [-0.25, -0.2) is 9.97 Å². The molecule has 228 valence electrons. The molecule has 10 rings (SSSR count). The maximum Gasteiger partial charge on any atom is 0.161 e. The average molecular weight is 624 g/mol. The minimum absolute atomic E-state index is 0.709. The van der Waals surface area contributed by atoms with Crippen LogP contribution < -0.4 is 0 Å². The highest BCUT2D eigenvalue weighted by molar-refractivity contribution is 6.15. The molecule has 2 aromatic heterocycles. The van der Waals surface area contributed by atoms with Gasteiger partial charge in [0.2, 0.25) is 0 Å². The van der Waals surface area contributed by atoms with Gasteiger partial charge in [0.1, 0.15) is 0 Å². The van der Waals surface area contributed by atoms with Crippen molar-refractivity contribution in [3.63, 3.8) is 0 Å². The number of fused-ring (bicyclic) bond motifs is 6. The van der Waals surface area contributed by atoms with Gasteiger partial charge in [-0.1, -0.05) is 133 Å². The molecule has 0 saturated heterocycles. The fraction of sp³-hybridized carbons (Fsp3) is 0. The molecule has 8 aromatic carbocycles. The van der Waals surface area contributed by atoms with E-state index in [0.717, 1.165) is 44.5 Å². The average Bonchev–Trinajstić information content (AvgIpc) is 3.49. The molecule has 0 bridgehead atoms. The monoisotopic (exact) mass is 623 g/mol. The Bertz CT molecular complexity index is 2880. The third-order valence-corrected chi connectivity index (χ3v) is 9.76. The van der Waals surface area contributed by atoms with Crippen LogP contribution in [-0.2, 0) is 0 Å². The van der Waals surface area contributed by atoms with Crippen molar-refractivity contribution >= 4 is 54.1 Å². The van der Waals surface area contributed by atoms with Crippen molar-refractivity contribution in [3.8, 4) is 39.6 Å². The van der Waals surface area contributed by atoms with Crippen molar-refractivity contribution in [1.82, 2.24) is 14.5 Å². The largest absolute Gasteiger partial charge is 0.309 e. The maximum atomic E-state index is 5.26. The summed E-state index contributed by atoms with van der Waals surface area (Å²) in [5.74, 6) is 0.709. The normalized spacial score (nSPS) is 11.7. The number of para-hydroxylation sites is 1. The number of aromatic nitrogens is 3. The maximum absolute atomic E-state index is 5.26. The summed E-state index contributed by atoms with van der Waals surface area (Å²) in [5.41, 5.74) is 8.45. The van der Waals surface area contributed by atoms with Crippen LogP contribution in [0.2, 0.25) is 0 Å². The van der Waals surface area contributed by atoms with Gasteiger partial charge < -0.3 is 4.57 Å². The van der Waals surface area contributed by atoms with Crippen molar-refractivity contribution in [2.24, 2.45) is 0 Å². The lowest BCUT2D eigenvalue weighted by Crippen LogP contribution is -1.99. The van der Waals surface area contributed by atoms with Gasteiger partial charge in [0.05, 0.1) is 28.1 Å². The van der Waals surface area contributed by atoms with Gasteiger partial charge in [0.15, 0.2) is 5.82 Å². The van der Waals surface area contributed by atoms with E-state index in [-0.39, 0.29) is 0 Å². The van der Waals surface area contributed by atoms with Crippen LogP contribution in [0.15, 0.2) is 176 Å². The van der Waals surface area contributed by atoms with E-state index in [1.807, 2.05) is 6.07 Å². The first-order chi connectivity index (χ1) is 24.3. The zero-order valence-corrected chi connectivity index (χ0v) is 26.6. The van der Waals surface area contributed by atoms with Crippen molar-refractivity contribution in [2.75, 3.05) is 0 Å². The summed E-state index contributed by atoms with van der Waals surface area (Å²) in [6.07, 6.45) is 0. The highest BCUT2D eigenvalue weighted by Crippen LogP contribution is 2.39. The van der Waals surface area contributed by atoms with Crippen LogP contribution in [0.4, 0.5) is 0 Å². The molecule has 0 aliphatic rings. The van der Waals surface area contributed by atoms with Gasteiger partial charge in [0.25, 0.3) is 0 Å². The lowest BCUT2D eigenvalue weighted by molar-refractivity contribution is 1.18. The third-order valence-electron chi connectivity index (χ3n) is 9.76. The van der Waals surface area contributed by atoms with Gasteiger partial charge in [-0.05, 0) is 69.4 Å². The Morgan fingerprint density at radius 1 is 0.347 bits per heavy atom. The Balaban J connectivity index is 1.22. The second kappa shape index (κ2) is 11.0. The quantitative estimate of drug-likeness (QED) is 0.195. The fourth-order valence-corrected chi connectivity index (χ4v) is 7.41. The molecule has 0 N–H and O–H groups in total. The lowest BCUT2D eigenvalue weighted by atomic mass is 10.00. The van der Waals surface area contributed by atoms with Crippen LogP contribution in [0.3, 0.4) is 0 Å². The van der Waals surface area contributed by atoms with Crippen LogP contribution in [0, 0.1) is 0 Å². The van der Waals surface area contributed by atoms with Crippen molar-refractivity contribution < 1.29 is 0 Å². The second-order valence-corrected chi connectivity index (χ2v) is 12.6. The van der Waals surface area contributed by atoms with E-state index in [1.54, 1.807) is 0 Å². The molecule has 0 atom stereocenters. The number of rotatable bonds is 4. The van der Waals surface area contributed by atoms with E-state index < -0.39 is 0 Å². The van der Waals surface area contributed by atoms with Crippen molar-refractivity contribution in [3.05, 3.63) is 176 Å². The van der Waals surface area contributed by atoms with Gasteiger partial charge in [-0.3, -0.25) is 0 Å². The summed E-state index contributed by atoms with van der Waals surface area (Å²) in [6, 6.07) is 62.6. The summed E-state index contributed by atoms with van der Waals surface area (Å²) in [7, 11) is 0. The molecule has 0 saturated carbocycles. The van der Waals surface area contributed by atoms with Gasteiger partial charge in [0, 0.05) is 32.8 Å². The molecule has 0 aliphatic carbocycles. The van der Waals surface area contributed by atoms with Gasteiger partial charge >= 0.3 is 0 Å². The highest BCUT2D eigenvalue weighted by Gasteiger charge is 2.18. The lowest BCUT2D eigenvalue weighted by Gasteiger charge is -2.15. The first-order valence-electron chi connectivity index (χ1n) is 16.7. The molecule has 0 unspecified atom stereocenters. The minimum atomic E-state index is 0.709. The molecule has 2 heterocycles. The standard InChI is InChI=1S/C46H29N3/c1-2-13-31(14-3-1)41-29-42(35-23-22-30-12-4-5-15-32(30)26-35)48-46(47-41)39-24-25-44(37-19-9-8-18-36(37)39)49-43-21-11-10-20-38(43)40-27-33-16-6-7-17-34(33)28-45(40)49/h1-29H. The van der Waals surface area contributed by atoms with E-state index in [9.17, 15) is 0 Å². The number of nitrogens with zero attached hydrogens (tertiary/aromatic N) is 3. The van der Waals surface area contributed by atoms with E-state index in [2.05, 4.69) is 174 Å². The minimum Gasteiger partial charge on any atom is -0.309 e. The Labute approximate surface area is 283 Å². The topological polar surface area (TPSA) is 30.7 Å². The van der Waals surface area contributed by atoms with Crippen molar-refractivity contribution in [2.45, 2.75) is 0 Å². The molecule has 0 amide bonds. The molecule has 3 heteroatoms. The van der Waals surface area contributed by atoms with Crippen LogP contribution in [0.1, 0.15) is 0 Å². The van der Waals surface area contributed by atoms with Crippen LogP contribution >= 0.6 is 0 Å². The molecule has 0 spiro atoms. The summed E-state index contributed by atoms with van der Waals surface area (Å²) in [6.45, 7) is 0. The molecule has 49 heavy (non-hydrogen) atoms. The summed E-state index contributed by atoms with van der Waals surface area (Å²) in [5, 5.41) is 9.64. The fourth-order valence-electron chi connectivity index (χ4n) is 7.41. The zero-order chi connectivity index (χ0) is 32.3. The van der Waals surface area contributed by atoms with Crippen LogP contribution in [-0.4, -0.2) is 14.5 Å². The molecular formula is C46H29N3. The second-order valence-electron chi connectivity index (χ2n) is 12.6. The molecule has 0 fully saturated rings. The molecule has 10 aromatic rings. The molecular weight excluding hydrogens is 595 g/mol. The van der Waals surface area contributed by atoms with Gasteiger partial charge in [-0.15, -0.1) is 0 Å². The molecule has 3 nitrogen and oxygen atoms in total. The Morgan fingerprint density at radius 2 is 0.959 bits per heavy atom. The van der Waals surface area contributed by atoms with E-state index >= 15 is 0 Å². The summed E-state index contributed by atoms with van der Waals surface area (Å²) >= 11 is 0. The van der Waals surface area contributed by atoms with Gasteiger partial charge in [-0.2, -0.15) is 0 Å². The summed E-state index contributed by atoms with van der Waals surface area (Å²) < 4.78 is 2.42. The predicted octanol–water partition coefficient (Wildman–Crippen LogP) is 12.0. The van der Waals surface area contributed by atoms with Crippen LogP contribution in [0.5, 0.6) is 0 Å². The first-order valence-corrected chi connectivity index (χ1v) is 16.7. The smallest absolute Gasteiger partial charge is 0.161 e. The third kappa shape index (κ3) is 4.51. The first kappa shape index (κ1) is 27.5. The number of hydrogen-bond acceptors (Lipinski definition) is 2. The highest BCUT2D eigenvalue weighted by atomic mass is 15.0. The Hall–Kier alpha value is -6.58. The predicted molar refractivity (Wildman–Crippen MR) is 205 cm³/mol. The Morgan fingerprint density at radius 3 is 1.76 bits per heavy atom. The molecule has 0 aliphatic heterocycles. The summed E-state index contributed by atoms with van der Waals surface area (Å²) in [4.78, 5) is 10.5. The zero-order valence-electron chi connectivity index (χ0n) is 26.6. The van der Waals surface area contributed by atoms with E-state index in [4.69, 9.17) is 9.97 Å². The van der Waals surface area contributed by atoms with E-state index in [0.29, 0.717) is 5.82 Å². The number of hydrogen-bond donors (Lipinski definition) is 0. The number of benzene rings is 8. The molecule has 0 radical (unpaired) electrons. The van der Waals surface area contributed by atoms with Crippen molar-refractivity contribution in [1.29, 1.82) is 0 Å². The van der Waals surface area contributed by atoms with E-state index in [1.165, 1.54) is 43.4 Å². The SMILES string of the molecule is c1ccc(-c2cc(-c3ccc4ccccc4c3)nc(-c3ccc(-n4c5ccccc5c5cc6ccccc6cc54)c4ccccc34)n2)cc1. The Kier molecular flexibility index (Phi) is 6.18.